The highest BCUT2D eigenvalue weighted by Gasteiger charge is 2.14. The van der Waals surface area contributed by atoms with Crippen LogP contribution in [0.3, 0.4) is 0 Å². The van der Waals surface area contributed by atoms with E-state index in [4.69, 9.17) is 15.9 Å². The zero-order chi connectivity index (χ0) is 12.6. The van der Waals surface area contributed by atoms with E-state index in [0.717, 1.165) is 25.4 Å². The lowest BCUT2D eigenvalue weighted by Gasteiger charge is -2.11. The summed E-state index contributed by atoms with van der Waals surface area (Å²) < 4.78 is 10.9. The van der Waals surface area contributed by atoms with Crippen molar-refractivity contribution in [1.82, 2.24) is 5.32 Å². The van der Waals surface area contributed by atoms with Crippen molar-refractivity contribution in [3.8, 4) is 18.1 Å². The van der Waals surface area contributed by atoms with E-state index in [1.54, 1.807) is 0 Å². The highest BCUT2D eigenvalue weighted by molar-refractivity contribution is 5.27. The predicted molar refractivity (Wildman–Crippen MR) is 71.5 cm³/mol. The molecule has 18 heavy (non-hydrogen) atoms. The molecule has 1 saturated heterocycles. The van der Waals surface area contributed by atoms with Gasteiger partial charge in [-0.25, -0.2) is 0 Å². The van der Waals surface area contributed by atoms with Crippen molar-refractivity contribution < 1.29 is 9.47 Å². The third kappa shape index (κ3) is 4.06. The van der Waals surface area contributed by atoms with Crippen LogP contribution in [-0.2, 0) is 11.3 Å². The first-order valence-corrected chi connectivity index (χ1v) is 6.36. The summed E-state index contributed by atoms with van der Waals surface area (Å²) in [5.74, 6) is 3.26. The molecule has 0 radical (unpaired) electrons. The number of hydrogen-bond donors (Lipinski definition) is 1. The lowest BCUT2D eigenvalue weighted by atomic mass is 10.2. The average Bonchev–Trinajstić information content (AvgIpc) is 2.91. The number of nitrogens with one attached hydrogen (secondary N) is 1. The summed E-state index contributed by atoms with van der Waals surface area (Å²) in [7, 11) is 0. The molecular weight excluding hydrogens is 226 g/mol. The molecule has 3 heteroatoms. The molecule has 2 rings (SSSR count). The summed E-state index contributed by atoms with van der Waals surface area (Å²) >= 11 is 0. The first-order valence-electron chi connectivity index (χ1n) is 6.36. The van der Waals surface area contributed by atoms with E-state index in [1.165, 1.54) is 18.4 Å². The molecule has 96 valence electrons. The zero-order valence-corrected chi connectivity index (χ0v) is 10.5. The quantitative estimate of drug-likeness (QED) is 0.777. The number of ether oxygens (including phenoxy) is 2. The smallest absolute Gasteiger partial charge is 0.148 e. The van der Waals surface area contributed by atoms with Crippen molar-refractivity contribution in [3.05, 3.63) is 29.8 Å². The summed E-state index contributed by atoms with van der Waals surface area (Å²) in [5, 5.41) is 3.41. The molecule has 0 amide bonds. The van der Waals surface area contributed by atoms with E-state index in [1.807, 2.05) is 24.3 Å². The van der Waals surface area contributed by atoms with Gasteiger partial charge in [0, 0.05) is 19.7 Å². The Morgan fingerprint density at radius 2 is 2.22 bits per heavy atom. The molecule has 0 bridgehead atoms. The molecule has 0 saturated carbocycles. The van der Waals surface area contributed by atoms with E-state index in [2.05, 4.69) is 11.2 Å². The number of terminal acetylenes is 1. The van der Waals surface area contributed by atoms with Crippen LogP contribution in [0.2, 0.25) is 0 Å². The van der Waals surface area contributed by atoms with Gasteiger partial charge in [0.05, 0.1) is 6.10 Å². The van der Waals surface area contributed by atoms with E-state index in [0.29, 0.717) is 12.7 Å². The van der Waals surface area contributed by atoms with Gasteiger partial charge in [-0.15, -0.1) is 6.42 Å². The van der Waals surface area contributed by atoms with Crippen molar-refractivity contribution in [3.63, 3.8) is 0 Å². The molecule has 1 atom stereocenters. The van der Waals surface area contributed by atoms with Gasteiger partial charge < -0.3 is 14.8 Å². The minimum Gasteiger partial charge on any atom is -0.481 e. The number of hydrogen-bond acceptors (Lipinski definition) is 3. The Labute approximate surface area is 108 Å². The molecule has 0 unspecified atom stereocenters. The lowest BCUT2D eigenvalue weighted by molar-refractivity contribution is 0.110. The van der Waals surface area contributed by atoms with Crippen molar-refractivity contribution in [2.75, 3.05) is 19.8 Å². The Kier molecular flexibility index (Phi) is 5.07. The second-order valence-electron chi connectivity index (χ2n) is 4.40. The van der Waals surface area contributed by atoms with Crippen LogP contribution in [0.15, 0.2) is 24.3 Å². The van der Waals surface area contributed by atoms with Gasteiger partial charge in [0.15, 0.2) is 0 Å². The van der Waals surface area contributed by atoms with Crippen molar-refractivity contribution in [1.29, 1.82) is 0 Å². The van der Waals surface area contributed by atoms with Gasteiger partial charge >= 0.3 is 0 Å². The van der Waals surface area contributed by atoms with Gasteiger partial charge in [0.2, 0.25) is 0 Å². The second-order valence-corrected chi connectivity index (χ2v) is 4.40. The molecular formula is C15H19NO2. The fourth-order valence-corrected chi connectivity index (χ4v) is 2.01. The molecule has 1 aliphatic rings. The number of rotatable bonds is 6. The first kappa shape index (κ1) is 12.9. The van der Waals surface area contributed by atoms with Crippen LogP contribution < -0.4 is 10.1 Å². The van der Waals surface area contributed by atoms with E-state index in [-0.39, 0.29) is 0 Å². The highest BCUT2D eigenvalue weighted by Crippen LogP contribution is 2.13. The van der Waals surface area contributed by atoms with E-state index >= 15 is 0 Å². The van der Waals surface area contributed by atoms with Gasteiger partial charge in [-0.2, -0.15) is 0 Å². The van der Waals surface area contributed by atoms with E-state index in [9.17, 15) is 0 Å². The molecule has 3 nitrogen and oxygen atoms in total. The van der Waals surface area contributed by atoms with Crippen LogP contribution in [0.4, 0.5) is 0 Å². The minimum atomic E-state index is 0.316. The maximum atomic E-state index is 5.55. The molecule has 1 aromatic rings. The van der Waals surface area contributed by atoms with Gasteiger partial charge in [-0.3, -0.25) is 0 Å². The third-order valence-electron chi connectivity index (χ3n) is 2.97. The van der Waals surface area contributed by atoms with Crippen molar-refractivity contribution >= 4 is 0 Å². The maximum Gasteiger partial charge on any atom is 0.148 e. The summed E-state index contributed by atoms with van der Waals surface area (Å²) in [6, 6.07) is 7.99. The second kappa shape index (κ2) is 7.05. The first-order chi connectivity index (χ1) is 8.88. The van der Waals surface area contributed by atoms with Crippen LogP contribution in [0.25, 0.3) is 0 Å². The summed E-state index contributed by atoms with van der Waals surface area (Å²) in [6.07, 6.45) is 7.89. The van der Waals surface area contributed by atoms with Crippen LogP contribution in [-0.4, -0.2) is 25.9 Å². The molecule has 1 aromatic carbocycles. The Morgan fingerprint density at radius 3 is 2.89 bits per heavy atom. The topological polar surface area (TPSA) is 30.5 Å². The largest absolute Gasteiger partial charge is 0.481 e. The lowest BCUT2D eigenvalue weighted by Crippen LogP contribution is -2.25. The summed E-state index contributed by atoms with van der Waals surface area (Å²) in [4.78, 5) is 0. The van der Waals surface area contributed by atoms with Crippen LogP contribution in [0, 0.1) is 12.3 Å². The van der Waals surface area contributed by atoms with Gasteiger partial charge in [0.25, 0.3) is 0 Å². The minimum absolute atomic E-state index is 0.316. The van der Waals surface area contributed by atoms with Gasteiger partial charge in [-0.05, 0) is 30.5 Å². The van der Waals surface area contributed by atoms with E-state index < -0.39 is 0 Å². The monoisotopic (exact) mass is 245 g/mol. The Balaban J connectivity index is 1.70. The van der Waals surface area contributed by atoms with Crippen LogP contribution >= 0.6 is 0 Å². The fraction of sp³-hybridized carbons (Fsp3) is 0.467. The predicted octanol–water partition coefficient (Wildman–Crippen LogP) is 1.97. The summed E-state index contributed by atoms with van der Waals surface area (Å²) in [6.45, 7) is 3.01. The van der Waals surface area contributed by atoms with Gasteiger partial charge in [-0.1, -0.05) is 18.1 Å². The Morgan fingerprint density at radius 1 is 1.39 bits per heavy atom. The molecule has 1 fully saturated rings. The standard InChI is InChI=1S/C15H19NO2/c1-2-9-17-14-7-5-13(6-8-14)11-16-12-15-4-3-10-18-15/h1,5-8,15-16H,3-4,9-12H2/t15-/m0/s1. The Bertz CT molecular complexity index is 388. The van der Waals surface area contributed by atoms with Gasteiger partial charge in [0.1, 0.15) is 12.4 Å². The highest BCUT2D eigenvalue weighted by atomic mass is 16.5. The molecule has 1 heterocycles. The van der Waals surface area contributed by atoms with Crippen LogP contribution in [0.5, 0.6) is 5.75 Å². The molecule has 0 spiro atoms. The third-order valence-corrected chi connectivity index (χ3v) is 2.97. The maximum absolute atomic E-state index is 5.55. The van der Waals surface area contributed by atoms with Crippen molar-refractivity contribution in [2.45, 2.75) is 25.5 Å². The van der Waals surface area contributed by atoms with Crippen LogP contribution in [0.1, 0.15) is 18.4 Å². The molecule has 0 aliphatic carbocycles. The molecule has 1 aliphatic heterocycles. The number of benzene rings is 1. The normalized spacial score (nSPS) is 18.5. The average molecular weight is 245 g/mol. The fourth-order valence-electron chi connectivity index (χ4n) is 2.01. The molecule has 0 aromatic heterocycles. The zero-order valence-electron chi connectivity index (χ0n) is 10.5. The van der Waals surface area contributed by atoms with Crippen molar-refractivity contribution in [2.24, 2.45) is 0 Å². The Hall–Kier alpha value is -1.50. The molecule has 1 N–H and O–H groups in total. The summed E-state index contributed by atoms with van der Waals surface area (Å²) in [5.41, 5.74) is 1.24. The SMILES string of the molecule is C#CCOc1ccc(CNC[C@@H]2CCCO2)cc1.